The van der Waals surface area contributed by atoms with Gasteiger partial charge in [0.05, 0.1) is 18.8 Å². The van der Waals surface area contributed by atoms with E-state index in [0.29, 0.717) is 30.0 Å². The molecule has 3 rings (SSSR count). The van der Waals surface area contributed by atoms with Gasteiger partial charge >= 0.3 is 0 Å². The van der Waals surface area contributed by atoms with Gasteiger partial charge in [0.15, 0.2) is 0 Å². The highest BCUT2D eigenvalue weighted by molar-refractivity contribution is 5.94. The Hall–Kier alpha value is -3.29. The van der Waals surface area contributed by atoms with Crippen molar-refractivity contribution in [1.82, 2.24) is 10.6 Å². The van der Waals surface area contributed by atoms with Crippen LogP contribution in [0.2, 0.25) is 0 Å². The fraction of sp³-hybridized carbons (Fsp3) is 0.345. The van der Waals surface area contributed by atoms with Crippen molar-refractivity contribution in [2.75, 3.05) is 13.2 Å². The van der Waals surface area contributed by atoms with E-state index in [-0.39, 0.29) is 13.0 Å². The molecule has 192 valence electrons. The molecule has 3 aromatic carbocycles. The summed E-state index contributed by atoms with van der Waals surface area (Å²) in [5.41, 5.74) is 3.04. The Labute approximate surface area is 211 Å². The Morgan fingerprint density at radius 3 is 2.31 bits per heavy atom. The minimum Gasteiger partial charge on any atom is -0.494 e. The summed E-state index contributed by atoms with van der Waals surface area (Å²) in [6.07, 6.45) is 0.870. The van der Waals surface area contributed by atoms with Gasteiger partial charge in [-0.2, -0.15) is 0 Å². The van der Waals surface area contributed by atoms with Gasteiger partial charge in [-0.1, -0.05) is 38.1 Å². The lowest BCUT2D eigenvalue weighted by Crippen LogP contribution is -2.48. The Bertz CT molecular complexity index is 1100. The fourth-order valence-corrected chi connectivity index (χ4v) is 3.91. The standard InChI is InChI=1S/C29H34F2N2O3/c1-3-12-36-26-10-8-23(9-11-26)29(35)33-27(16-22-14-24(30)17-25(31)15-22)28(34)19-32-18-21-7-5-6-20(4-2)13-21/h5-11,13-15,17,27-28,32,34H,3-4,12,16,18-19H2,1-2H3,(H,33,35)/t27-,28+/m0/s1. The van der Waals surface area contributed by atoms with Crippen LogP contribution in [0.4, 0.5) is 8.78 Å². The van der Waals surface area contributed by atoms with E-state index in [0.717, 1.165) is 24.5 Å². The second kappa shape index (κ2) is 13.7. The number of hydrogen-bond acceptors (Lipinski definition) is 4. The topological polar surface area (TPSA) is 70.6 Å². The van der Waals surface area contributed by atoms with E-state index in [1.54, 1.807) is 24.3 Å². The molecule has 0 radical (unpaired) electrons. The average molecular weight is 497 g/mol. The van der Waals surface area contributed by atoms with E-state index in [1.165, 1.54) is 17.7 Å². The summed E-state index contributed by atoms with van der Waals surface area (Å²) in [4.78, 5) is 12.9. The molecule has 0 unspecified atom stereocenters. The smallest absolute Gasteiger partial charge is 0.251 e. The number of amides is 1. The molecular formula is C29H34F2N2O3. The summed E-state index contributed by atoms with van der Waals surface area (Å²) < 4.78 is 33.1. The van der Waals surface area contributed by atoms with Gasteiger partial charge < -0.3 is 20.5 Å². The van der Waals surface area contributed by atoms with Crippen LogP contribution in [0.25, 0.3) is 0 Å². The monoisotopic (exact) mass is 496 g/mol. The number of aryl methyl sites for hydroxylation is 1. The molecular weight excluding hydrogens is 462 g/mol. The maximum absolute atomic E-state index is 13.8. The second-order valence-corrected chi connectivity index (χ2v) is 8.81. The molecule has 0 saturated carbocycles. The quantitative estimate of drug-likeness (QED) is 0.318. The van der Waals surface area contributed by atoms with Gasteiger partial charge in [0.2, 0.25) is 0 Å². The Morgan fingerprint density at radius 2 is 1.64 bits per heavy atom. The average Bonchev–Trinajstić information content (AvgIpc) is 2.86. The van der Waals surface area contributed by atoms with Crippen LogP contribution in [0.3, 0.4) is 0 Å². The van der Waals surface area contributed by atoms with Gasteiger partial charge in [-0.15, -0.1) is 0 Å². The second-order valence-electron chi connectivity index (χ2n) is 8.81. The Kier molecular flexibility index (Phi) is 10.4. The maximum atomic E-state index is 13.8. The summed E-state index contributed by atoms with van der Waals surface area (Å²) >= 11 is 0. The van der Waals surface area contributed by atoms with E-state index in [4.69, 9.17) is 4.74 Å². The highest BCUT2D eigenvalue weighted by atomic mass is 19.1. The van der Waals surface area contributed by atoms with Gasteiger partial charge in [0.1, 0.15) is 17.4 Å². The Morgan fingerprint density at radius 1 is 0.944 bits per heavy atom. The minimum absolute atomic E-state index is 0.0618. The number of hydrogen-bond donors (Lipinski definition) is 3. The lowest BCUT2D eigenvalue weighted by Gasteiger charge is -2.25. The van der Waals surface area contributed by atoms with Crippen molar-refractivity contribution in [1.29, 1.82) is 0 Å². The summed E-state index contributed by atoms with van der Waals surface area (Å²) in [7, 11) is 0. The fourth-order valence-electron chi connectivity index (χ4n) is 3.91. The summed E-state index contributed by atoms with van der Waals surface area (Å²) in [5.74, 6) is -1.15. The molecule has 3 aromatic rings. The van der Waals surface area contributed by atoms with E-state index >= 15 is 0 Å². The zero-order valence-electron chi connectivity index (χ0n) is 20.8. The molecule has 0 aliphatic heterocycles. The number of carbonyl (C=O) groups is 1. The molecule has 36 heavy (non-hydrogen) atoms. The first kappa shape index (κ1) is 27.3. The molecule has 1 amide bonds. The van der Waals surface area contributed by atoms with Crippen LogP contribution in [-0.4, -0.2) is 36.3 Å². The number of carbonyl (C=O) groups excluding carboxylic acids is 1. The number of nitrogens with one attached hydrogen (secondary N) is 2. The lowest BCUT2D eigenvalue weighted by molar-refractivity contribution is 0.0830. The van der Waals surface area contributed by atoms with Crippen LogP contribution < -0.4 is 15.4 Å². The highest BCUT2D eigenvalue weighted by Crippen LogP contribution is 2.15. The van der Waals surface area contributed by atoms with Gasteiger partial charge in [0, 0.05) is 24.7 Å². The first-order chi connectivity index (χ1) is 17.4. The lowest BCUT2D eigenvalue weighted by atomic mass is 10.00. The molecule has 2 atom stereocenters. The van der Waals surface area contributed by atoms with Crippen LogP contribution in [0.5, 0.6) is 5.75 Å². The largest absolute Gasteiger partial charge is 0.494 e. The molecule has 0 aliphatic rings. The molecule has 5 nitrogen and oxygen atoms in total. The summed E-state index contributed by atoms with van der Waals surface area (Å²) in [6, 6.07) is 17.3. The zero-order valence-corrected chi connectivity index (χ0v) is 20.8. The summed E-state index contributed by atoms with van der Waals surface area (Å²) in [6.45, 7) is 5.40. The first-order valence-electron chi connectivity index (χ1n) is 12.3. The molecule has 0 fully saturated rings. The van der Waals surface area contributed by atoms with Crippen molar-refractivity contribution in [3.05, 3.63) is 101 Å². The van der Waals surface area contributed by atoms with Crippen molar-refractivity contribution in [3.8, 4) is 5.75 Å². The van der Waals surface area contributed by atoms with Gasteiger partial charge in [0.25, 0.3) is 5.91 Å². The van der Waals surface area contributed by atoms with E-state index in [1.807, 2.05) is 19.1 Å². The van der Waals surface area contributed by atoms with Crippen molar-refractivity contribution in [2.24, 2.45) is 0 Å². The van der Waals surface area contributed by atoms with E-state index in [2.05, 4.69) is 29.7 Å². The van der Waals surface area contributed by atoms with Crippen molar-refractivity contribution in [3.63, 3.8) is 0 Å². The third-order valence-electron chi connectivity index (χ3n) is 5.83. The predicted octanol–water partition coefficient (Wildman–Crippen LogP) is 4.81. The highest BCUT2D eigenvalue weighted by Gasteiger charge is 2.23. The van der Waals surface area contributed by atoms with Crippen LogP contribution in [0.1, 0.15) is 47.3 Å². The van der Waals surface area contributed by atoms with Crippen LogP contribution in [-0.2, 0) is 19.4 Å². The van der Waals surface area contributed by atoms with Crippen LogP contribution in [0.15, 0.2) is 66.7 Å². The number of halogens is 2. The first-order valence-corrected chi connectivity index (χ1v) is 12.3. The molecule has 0 saturated heterocycles. The Balaban J connectivity index is 1.69. The van der Waals surface area contributed by atoms with E-state index < -0.39 is 29.7 Å². The van der Waals surface area contributed by atoms with Crippen LogP contribution in [0, 0.1) is 11.6 Å². The van der Waals surface area contributed by atoms with Crippen molar-refractivity contribution in [2.45, 2.75) is 51.8 Å². The summed E-state index contributed by atoms with van der Waals surface area (Å²) in [5, 5.41) is 17.0. The molecule has 3 N–H and O–H groups in total. The van der Waals surface area contributed by atoms with Crippen molar-refractivity contribution < 1.29 is 23.4 Å². The van der Waals surface area contributed by atoms with Gasteiger partial charge in [-0.25, -0.2) is 8.78 Å². The SMILES string of the molecule is CCCOc1ccc(C(=O)N[C@@H](Cc2cc(F)cc(F)c2)[C@H](O)CNCc2cccc(CC)c2)cc1. The molecule has 0 heterocycles. The number of aliphatic hydroxyl groups is 1. The third-order valence-corrected chi connectivity index (χ3v) is 5.83. The number of ether oxygens (including phenoxy) is 1. The minimum atomic E-state index is -0.998. The molecule has 0 aromatic heterocycles. The molecule has 7 heteroatoms. The van der Waals surface area contributed by atoms with E-state index in [9.17, 15) is 18.7 Å². The van der Waals surface area contributed by atoms with Gasteiger partial charge in [-0.05, 0) is 72.4 Å². The number of benzene rings is 3. The van der Waals surface area contributed by atoms with Gasteiger partial charge in [-0.3, -0.25) is 4.79 Å². The zero-order chi connectivity index (χ0) is 25.9. The number of aliphatic hydroxyl groups excluding tert-OH is 1. The normalized spacial score (nSPS) is 12.7. The predicted molar refractivity (Wildman–Crippen MR) is 137 cm³/mol. The third kappa shape index (κ3) is 8.43. The number of rotatable bonds is 13. The molecule has 0 aliphatic carbocycles. The maximum Gasteiger partial charge on any atom is 0.251 e. The van der Waals surface area contributed by atoms with Crippen molar-refractivity contribution >= 4 is 5.91 Å². The van der Waals surface area contributed by atoms with Crippen LogP contribution >= 0.6 is 0 Å². The molecule has 0 bridgehead atoms. The molecule has 0 spiro atoms.